The van der Waals surface area contributed by atoms with E-state index in [2.05, 4.69) is 37.4 Å². The molecule has 5 nitrogen and oxygen atoms in total. The summed E-state index contributed by atoms with van der Waals surface area (Å²) in [6, 6.07) is 10.1. The maximum Gasteiger partial charge on any atom is 0.176 e. The van der Waals surface area contributed by atoms with E-state index >= 15 is 0 Å². The van der Waals surface area contributed by atoms with E-state index in [0.29, 0.717) is 17.0 Å². The maximum absolute atomic E-state index is 5.04. The molecule has 0 amide bonds. The van der Waals surface area contributed by atoms with Crippen LogP contribution >= 0.6 is 12.2 Å². The molecule has 0 unspecified atom stereocenters. The molecule has 2 aromatic heterocycles. The summed E-state index contributed by atoms with van der Waals surface area (Å²) >= 11 is 5.04. The summed E-state index contributed by atoms with van der Waals surface area (Å²) < 4.78 is 0.549. The van der Waals surface area contributed by atoms with E-state index in [-0.39, 0.29) is 0 Å². The van der Waals surface area contributed by atoms with Gasteiger partial charge >= 0.3 is 0 Å². The van der Waals surface area contributed by atoms with E-state index in [9.17, 15) is 0 Å². The van der Waals surface area contributed by atoms with E-state index in [1.165, 1.54) is 11.9 Å². The molecule has 3 N–H and O–H groups in total. The van der Waals surface area contributed by atoms with E-state index < -0.39 is 0 Å². The lowest BCUT2D eigenvalue weighted by Crippen LogP contribution is -2.02. The summed E-state index contributed by atoms with van der Waals surface area (Å²) in [5, 5.41) is 3.27. The van der Waals surface area contributed by atoms with E-state index in [4.69, 9.17) is 12.2 Å². The number of imidazole rings is 1. The highest BCUT2D eigenvalue weighted by Gasteiger charge is 2.05. The summed E-state index contributed by atoms with van der Waals surface area (Å²) in [6.45, 7) is 0.707. The third-order valence-electron chi connectivity index (χ3n) is 2.62. The van der Waals surface area contributed by atoms with Crippen molar-refractivity contribution in [3.05, 3.63) is 47.0 Å². The minimum atomic E-state index is 0.549. The topological polar surface area (TPSA) is 69.4 Å². The molecule has 0 saturated heterocycles. The van der Waals surface area contributed by atoms with Crippen LogP contribution in [0, 0.1) is 4.77 Å². The molecule has 0 radical (unpaired) electrons. The smallest absolute Gasteiger partial charge is 0.176 e. The van der Waals surface area contributed by atoms with Gasteiger partial charge in [0, 0.05) is 6.54 Å². The van der Waals surface area contributed by atoms with E-state index in [0.717, 1.165) is 11.3 Å². The zero-order valence-electron chi connectivity index (χ0n) is 9.47. The van der Waals surface area contributed by atoms with Crippen LogP contribution in [0.15, 0.2) is 36.7 Å². The highest BCUT2D eigenvalue weighted by Crippen LogP contribution is 2.15. The lowest BCUT2D eigenvalue weighted by atomic mass is 10.2. The van der Waals surface area contributed by atoms with Gasteiger partial charge < -0.3 is 15.3 Å². The van der Waals surface area contributed by atoms with Crippen LogP contribution in [0.5, 0.6) is 0 Å². The molecule has 0 saturated carbocycles. The standard InChI is InChI=1S/C12H11N5S/c18-12-16-9-10(14-7-15-11(9)17-12)13-6-8-4-2-1-3-5-8/h1-5,7H,6H2,(H3,13,14,15,16,17,18). The predicted molar refractivity (Wildman–Crippen MR) is 72.8 cm³/mol. The van der Waals surface area contributed by atoms with Crippen molar-refractivity contribution < 1.29 is 0 Å². The molecule has 3 aromatic rings. The Morgan fingerprint density at radius 3 is 2.78 bits per heavy atom. The molecule has 18 heavy (non-hydrogen) atoms. The van der Waals surface area contributed by atoms with Crippen molar-refractivity contribution in [3.63, 3.8) is 0 Å². The average molecular weight is 257 g/mol. The van der Waals surface area contributed by atoms with Crippen LogP contribution in [0.1, 0.15) is 5.56 Å². The van der Waals surface area contributed by atoms with Gasteiger partial charge in [-0.1, -0.05) is 30.3 Å². The molecule has 0 aliphatic carbocycles. The van der Waals surface area contributed by atoms with E-state index in [1.54, 1.807) is 0 Å². The summed E-state index contributed by atoms with van der Waals surface area (Å²) in [7, 11) is 0. The van der Waals surface area contributed by atoms with Crippen molar-refractivity contribution in [3.8, 4) is 0 Å². The van der Waals surface area contributed by atoms with Gasteiger partial charge in [0.2, 0.25) is 0 Å². The lowest BCUT2D eigenvalue weighted by molar-refractivity contribution is 1.10. The Bertz CT molecular complexity index is 716. The second-order valence-electron chi connectivity index (χ2n) is 3.86. The molecule has 2 heterocycles. The number of aromatic nitrogens is 4. The van der Waals surface area contributed by atoms with Gasteiger partial charge in [0.1, 0.15) is 11.8 Å². The van der Waals surface area contributed by atoms with Gasteiger partial charge in [-0.3, -0.25) is 0 Å². The van der Waals surface area contributed by atoms with Gasteiger partial charge in [0.25, 0.3) is 0 Å². The third-order valence-corrected chi connectivity index (χ3v) is 2.82. The summed E-state index contributed by atoms with van der Waals surface area (Å²) in [5.74, 6) is 0.746. The number of H-pyrrole nitrogens is 2. The fourth-order valence-corrected chi connectivity index (χ4v) is 1.97. The van der Waals surface area contributed by atoms with Crippen LogP contribution in [0.3, 0.4) is 0 Å². The molecule has 6 heteroatoms. The number of fused-ring (bicyclic) bond motifs is 1. The Morgan fingerprint density at radius 2 is 1.94 bits per heavy atom. The van der Waals surface area contributed by atoms with Gasteiger partial charge in [0.15, 0.2) is 16.2 Å². The molecule has 0 spiro atoms. The van der Waals surface area contributed by atoms with Gasteiger partial charge in [0.05, 0.1) is 0 Å². The molecule has 0 aliphatic rings. The highest BCUT2D eigenvalue weighted by molar-refractivity contribution is 7.71. The number of hydrogen-bond donors (Lipinski definition) is 3. The number of benzene rings is 1. The Hall–Kier alpha value is -2.21. The molecular formula is C12H11N5S. The SMILES string of the molecule is S=c1[nH]c2ncnc(NCc3ccccc3)c2[nH]1. The average Bonchev–Trinajstić information content (AvgIpc) is 2.78. The number of aromatic amines is 2. The fourth-order valence-electron chi connectivity index (χ4n) is 1.77. The summed E-state index contributed by atoms with van der Waals surface area (Å²) in [4.78, 5) is 14.3. The number of anilines is 1. The summed E-state index contributed by atoms with van der Waals surface area (Å²) in [6.07, 6.45) is 1.51. The first-order valence-corrected chi connectivity index (χ1v) is 5.94. The van der Waals surface area contributed by atoms with Crippen LogP contribution in [0.2, 0.25) is 0 Å². The number of nitrogens with zero attached hydrogens (tertiary/aromatic N) is 2. The van der Waals surface area contributed by atoms with Crippen LogP contribution < -0.4 is 5.32 Å². The molecule has 0 bridgehead atoms. The Morgan fingerprint density at radius 1 is 1.11 bits per heavy atom. The molecule has 0 fully saturated rings. The zero-order chi connectivity index (χ0) is 12.4. The minimum absolute atomic E-state index is 0.549. The Balaban J connectivity index is 1.89. The summed E-state index contributed by atoms with van der Waals surface area (Å²) in [5.41, 5.74) is 2.71. The Kier molecular flexibility index (Phi) is 2.77. The Labute approximate surface area is 108 Å². The normalized spacial score (nSPS) is 10.7. The zero-order valence-corrected chi connectivity index (χ0v) is 10.3. The molecule has 0 atom stereocenters. The van der Waals surface area contributed by atoms with Gasteiger partial charge in [-0.25, -0.2) is 9.97 Å². The van der Waals surface area contributed by atoms with Gasteiger partial charge in [-0.15, -0.1) is 0 Å². The van der Waals surface area contributed by atoms with Gasteiger partial charge in [-0.2, -0.15) is 0 Å². The first-order chi connectivity index (χ1) is 8.83. The van der Waals surface area contributed by atoms with Crippen molar-refractivity contribution in [2.45, 2.75) is 6.54 Å². The predicted octanol–water partition coefficient (Wildman–Crippen LogP) is 2.63. The number of nitrogens with one attached hydrogen (secondary N) is 3. The maximum atomic E-state index is 5.04. The van der Waals surface area contributed by atoms with Crippen molar-refractivity contribution >= 4 is 29.2 Å². The van der Waals surface area contributed by atoms with Gasteiger partial charge in [-0.05, 0) is 17.8 Å². The largest absolute Gasteiger partial charge is 0.364 e. The second kappa shape index (κ2) is 4.58. The monoisotopic (exact) mass is 257 g/mol. The second-order valence-corrected chi connectivity index (χ2v) is 4.27. The number of hydrogen-bond acceptors (Lipinski definition) is 4. The van der Waals surface area contributed by atoms with Crippen molar-refractivity contribution in [2.75, 3.05) is 5.32 Å². The first-order valence-electron chi connectivity index (χ1n) is 5.54. The van der Waals surface area contributed by atoms with Crippen LogP contribution in [0.25, 0.3) is 11.2 Å². The first kappa shape index (κ1) is 10.9. The third kappa shape index (κ3) is 2.10. The van der Waals surface area contributed by atoms with Crippen LogP contribution in [0.4, 0.5) is 5.82 Å². The van der Waals surface area contributed by atoms with E-state index in [1.807, 2.05) is 18.2 Å². The molecular weight excluding hydrogens is 246 g/mol. The molecule has 90 valence electrons. The van der Waals surface area contributed by atoms with Crippen molar-refractivity contribution in [1.29, 1.82) is 0 Å². The van der Waals surface area contributed by atoms with Crippen LogP contribution in [-0.4, -0.2) is 19.9 Å². The van der Waals surface area contributed by atoms with Crippen molar-refractivity contribution in [1.82, 2.24) is 19.9 Å². The minimum Gasteiger partial charge on any atom is -0.364 e. The number of rotatable bonds is 3. The quantitative estimate of drug-likeness (QED) is 0.631. The lowest BCUT2D eigenvalue weighted by Gasteiger charge is -2.05. The molecule has 3 rings (SSSR count). The fraction of sp³-hybridized carbons (Fsp3) is 0.0833. The highest BCUT2D eigenvalue weighted by atomic mass is 32.1. The van der Waals surface area contributed by atoms with Crippen molar-refractivity contribution in [2.24, 2.45) is 0 Å². The van der Waals surface area contributed by atoms with Crippen LogP contribution in [-0.2, 0) is 6.54 Å². The molecule has 1 aromatic carbocycles. The molecule has 0 aliphatic heterocycles.